The van der Waals surface area contributed by atoms with Crippen LogP contribution in [0, 0.1) is 6.92 Å². The van der Waals surface area contributed by atoms with Gasteiger partial charge in [-0.05, 0) is 24.6 Å². The molecule has 0 atom stereocenters. The Kier molecular flexibility index (Phi) is 4.96. The molecule has 0 aliphatic carbocycles. The minimum absolute atomic E-state index is 0.507. The zero-order valence-corrected chi connectivity index (χ0v) is 14.6. The number of aryl methyl sites for hydroxylation is 1. The van der Waals surface area contributed by atoms with E-state index in [-0.39, 0.29) is 0 Å². The molecule has 6 heteroatoms. The lowest BCUT2D eigenvalue weighted by Gasteiger charge is -1.98. The molecule has 23 heavy (non-hydrogen) atoms. The van der Waals surface area contributed by atoms with E-state index in [2.05, 4.69) is 15.5 Å². The second-order valence-electron chi connectivity index (χ2n) is 4.83. The normalized spacial score (nSPS) is 11.1. The molecule has 0 aliphatic heterocycles. The van der Waals surface area contributed by atoms with Crippen LogP contribution in [-0.4, -0.2) is 11.2 Å². The van der Waals surface area contributed by atoms with Crippen molar-refractivity contribution in [2.45, 2.75) is 6.92 Å². The fourth-order valence-corrected chi connectivity index (χ4v) is 3.15. The topological polar surface area (TPSA) is 37.3 Å². The summed E-state index contributed by atoms with van der Waals surface area (Å²) >= 11 is 13.4. The van der Waals surface area contributed by atoms with Gasteiger partial charge in [0.15, 0.2) is 0 Å². The molecule has 0 saturated heterocycles. The molecular formula is C17H13Cl2N3S. The molecule has 3 rings (SSSR count). The van der Waals surface area contributed by atoms with Crippen molar-refractivity contribution in [3.8, 4) is 11.3 Å². The van der Waals surface area contributed by atoms with Gasteiger partial charge in [-0.15, -0.1) is 11.3 Å². The van der Waals surface area contributed by atoms with Gasteiger partial charge in [0.25, 0.3) is 0 Å². The number of anilines is 1. The van der Waals surface area contributed by atoms with Gasteiger partial charge in [-0.25, -0.2) is 4.98 Å². The third kappa shape index (κ3) is 3.91. The van der Waals surface area contributed by atoms with Crippen LogP contribution in [0.15, 0.2) is 53.6 Å². The van der Waals surface area contributed by atoms with Crippen molar-refractivity contribution in [3.63, 3.8) is 0 Å². The lowest BCUT2D eigenvalue weighted by Crippen LogP contribution is -1.90. The van der Waals surface area contributed by atoms with Crippen molar-refractivity contribution in [2.24, 2.45) is 5.10 Å². The number of thiazole rings is 1. The molecule has 0 bridgehead atoms. The molecule has 0 aliphatic rings. The van der Waals surface area contributed by atoms with Crippen LogP contribution in [0.25, 0.3) is 11.3 Å². The maximum Gasteiger partial charge on any atom is 0.204 e. The Morgan fingerprint density at radius 3 is 2.61 bits per heavy atom. The van der Waals surface area contributed by atoms with Crippen LogP contribution in [0.2, 0.25) is 10.0 Å². The molecule has 0 amide bonds. The summed E-state index contributed by atoms with van der Waals surface area (Å²) in [5, 5.41) is 5.98. The predicted molar refractivity (Wildman–Crippen MR) is 100.0 cm³/mol. The highest BCUT2D eigenvalue weighted by atomic mass is 35.5. The van der Waals surface area contributed by atoms with Crippen molar-refractivity contribution < 1.29 is 0 Å². The first-order chi connectivity index (χ1) is 11.1. The Labute approximate surface area is 148 Å². The molecular weight excluding hydrogens is 349 g/mol. The van der Waals surface area contributed by atoms with E-state index in [1.807, 2.05) is 43.3 Å². The van der Waals surface area contributed by atoms with E-state index < -0.39 is 0 Å². The van der Waals surface area contributed by atoms with Crippen LogP contribution < -0.4 is 5.43 Å². The largest absolute Gasteiger partial charge is 0.253 e. The van der Waals surface area contributed by atoms with E-state index in [1.165, 1.54) is 0 Å². The smallest absolute Gasteiger partial charge is 0.204 e. The summed E-state index contributed by atoms with van der Waals surface area (Å²) < 4.78 is 0. The van der Waals surface area contributed by atoms with Crippen LogP contribution >= 0.6 is 34.5 Å². The Balaban J connectivity index is 1.74. The molecule has 0 fully saturated rings. The number of halogens is 2. The number of hydrogen-bond acceptors (Lipinski definition) is 4. The van der Waals surface area contributed by atoms with Crippen molar-refractivity contribution >= 4 is 45.9 Å². The van der Waals surface area contributed by atoms with Crippen molar-refractivity contribution in [1.82, 2.24) is 4.98 Å². The SMILES string of the molecule is Cc1sc(N/N=C\c2ccc(Cl)c(Cl)c2)nc1-c1ccccc1. The molecule has 116 valence electrons. The van der Waals surface area contributed by atoms with Crippen LogP contribution in [0.3, 0.4) is 0 Å². The molecule has 3 nitrogen and oxygen atoms in total. The minimum Gasteiger partial charge on any atom is -0.253 e. The third-order valence-electron chi connectivity index (χ3n) is 3.16. The molecule has 0 radical (unpaired) electrons. The summed E-state index contributed by atoms with van der Waals surface area (Å²) in [6.45, 7) is 2.05. The first-order valence-electron chi connectivity index (χ1n) is 6.90. The quantitative estimate of drug-likeness (QED) is 0.465. The molecule has 0 unspecified atom stereocenters. The monoisotopic (exact) mass is 361 g/mol. The maximum atomic E-state index is 5.98. The Bertz CT molecular complexity index is 844. The van der Waals surface area contributed by atoms with Gasteiger partial charge in [-0.2, -0.15) is 5.10 Å². The van der Waals surface area contributed by atoms with Crippen LogP contribution in [-0.2, 0) is 0 Å². The number of nitrogens with zero attached hydrogens (tertiary/aromatic N) is 2. The minimum atomic E-state index is 0.507. The highest BCUT2D eigenvalue weighted by Gasteiger charge is 2.08. The Morgan fingerprint density at radius 2 is 1.87 bits per heavy atom. The van der Waals surface area contributed by atoms with Crippen LogP contribution in [0.4, 0.5) is 5.13 Å². The summed E-state index contributed by atoms with van der Waals surface area (Å²) in [6, 6.07) is 15.4. The number of nitrogens with one attached hydrogen (secondary N) is 1. The van der Waals surface area contributed by atoms with Gasteiger partial charge in [-0.3, -0.25) is 5.43 Å². The molecule has 0 saturated carbocycles. The van der Waals surface area contributed by atoms with E-state index in [0.717, 1.165) is 26.8 Å². The molecule has 1 heterocycles. The number of aromatic nitrogens is 1. The van der Waals surface area contributed by atoms with Gasteiger partial charge in [-0.1, -0.05) is 59.6 Å². The zero-order chi connectivity index (χ0) is 16.2. The fourth-order valence-electron chi connectivity index (χ4n) is 2.06. The van der Waals surface area contributed by atoms with E-state index in [1.54, 1.807) is 29.7 Å². The summed E-state index contributed by atoms with van der Waals surface area (Å²) in [5.41, 5.74) is 5.90. The number of rotatable bonds is 4. The maximum absolute atomic E-state index is 5.98. The van der Waals surface area contributed by atoms with E-state index >= 15 is 0 Å². The van der Waals surface area contributed by atoms with Gasteiger partial charge in [0.1, 0.15) is 0 Å². The van der Waals surface area contributed by atoms with Gasteiger partial charge in [0.2, 0.25) is 5.13 Å². The molecule has 0 spiro atoms. The summed E-state index contributed by atoms with van der Waals surface area (Å²) in [6.07, 6.45) is 1.68. The average Bonchev–Trinajstić information content (AvgIpc) is 2.92. The zero-order valence-electron chi connectivity index (χ0n) is 12.3. The van der Waals surface area contributed by atoms with Crippen LogP contribution in [0.1, 0.15) is 10.4 Å². The highest BCUT2D eigenvalue weighted by molar-refractivity contribution is 7.15. The number of hydrazone groups is 1. The lowest BCUT2D eigenvalue weighted by molar-refractivity contribution is 1.28. The summed E-state index contributed by atoms with van der Waals surface area (Å²) in [5.74, 6) is 0. The van der Waals surface area contributed by atoms with Crippen molar-refractivity contribution in [3.05, 3.63) is 69.0 Å². The standard InChI is InChI=1S/C17H13Cl2N3S/c1-11-16(13-5-3-2-4-6-13)21-17(23-11)22-20-10-12-7-8-14(18)15(19)9-12/h2-10H,1H3,(H,21,22)/b20-10-. The summed E-state index contributed by atoms with van der Waals surface area (Å²) in [7, 11) is 0. The van der Waals surface area contributed by atoms with Gasteiger partial charge in [0.05, 0.1) is 22.0 Å². The second-order valence-corrected chi connectivity index (χ2v) is 6.85. The van der Waals surface area contributed by atoms with E-state index in [9.17, 15) is 0 Å². The summed E-state index contributed by atoms with van der Waals surface area (Å²) in [4.78, 5) is 5.73. The number of hydrogen-bond donors (Lipinski definition) is 1. The van der Waals surface area contributed by atoms with Crippen molar-refractivity contribution in [2.75, 3.05) is 5.43 Å². The Morgan fingerprint density at radius 1 is 1.09 bits per heavy atom. The van der Waals surface area contributed by atoms with Gasteiger partial charge >= 0.3 is 0 Å². The molecule has 1 N–H and O–H groups in total. The van der Waals surface area contributed by atoms with Gasteiger partial charge in [0, 0.05) is 10.4 Å². The first-order valence-corrected chi connectivity index (χ1v) is 8.48. The highest BCUT2D eigenvalue weighted by Crippen LogP contribution is 2.30. The first kappa shape index (κ1) is 16.0. The Hall–Kier alpha value is -1.88. The van der Waals surface area contributed by atoms with Crippen LogP contribution in [0.5, 0.6) is 0 Å². The third-order valence-corrected chi connectivity index (χ3v) is 4.78. The molecule has 1 aromatic heterocycles. The predicted octanol–water partition coefficient (Wildman–Crippen LogP) is 5.87. The molecule has 2 aromatic carbocycles. The van der Waals surface area contributed by atoms with E-state index in [4.69, 9.17) is 23.2 Å². The molecule has 3 aromatic rings. The van der Waals surface area contributed by atoms with Gasteiger partial charge < -0.3 is 0 Å². The average molecular weight is 362 g/mol. The van der Waals surface area contributed by atoms with Crippen molar-refractivity contribution in [1.29, 1.82) is 0 Å². The van der Waals surface area contributed by atoms with E-state index in [0.29, 0.717) is 10.0 Å². The lowest BCUT2D eigenvalue weighted by atomic mass is 10.1. The second kappa shape index (κ2) is 7.13. The number of benzene rings is 2. The fraction of sp³-hybridized carbons (Fsp3) is 0.0588.